The maximum absolute atomic E-state index is 11.0. The number of nitrogens with one attached hydrogen (secondary N) is 1. The summed E-state index contributed by atoms with van der Waals surface area (Å²) in [6, 6.07) is 0. The molecular weight excluding hydrogens is 188 g/mol. The van der Waals surface area contributed by atoms with Gasteiger partial charge in [-0.15, -0.1) is 0 Å². The van der Waals surface area contributed by atoms with E-state index in [1.807, 2.05) is 0 Å². The number of esters is 1. The Kier molecular flexibility index (Phi) is 3.19. The first-order chi connectivity index (χ1) is 6.08. The highest BCUT2D eigenvalue weighted by atomic mass is 32.2. The average Bonchev–Trinajstić information content (AvgIpc) is 2.82. The molecule has 1 rings (SSSR count). The van der Waals surface area contributed by atoms with Gasteiger partial charge in [-0.1, -0.05) is 11.8 Å². The summed E-state index contributed by atoms with van der Waals surface area (Å²) >= 11 is 1.31. The number of carbonyl (C=O) groups excluding carboxylic acids is 1. The molecule has 1 aliphatic carbocycles. The van der Waals surface area contributed by atoms with Crippen LogP contribution < -0.4 is 5.73 Å². The summed E-state index contributed by atoms with van der Waals surface area (Å²) in [6.45, 7) is 0. The fourth-order valence-corrected chi connectivity index (χ4v) is 2.01. The molecule has 1 fully saturated rings. The SMILES string of the molecule is COC(=O)CC1(CSC(=N)N)CC1. The third-order valence-corrected chi connectivity index (χ3v) is 3.31. The molecule has 0 aromatic rings. The summed E-state index contributed by atoms with van der Waals surface area (Å²) in [6.07, 6.45) is 2.55. The number of methoxy groups -OCH3 is 1. The molecule has 0 atom stereocenters. The molecule has 0 heterocycles. The van der Waals surface area contributed by atoms with Crippen molar-refractivity contribution in [3.05, 3.63) is 0 Å². The van der Waals surface area contributed by atoms with Gasteiger partial charge in [0.05, 0.1) is 13.5 Å². The van der Waals surface area contributed by atoms with Gasteiger partial charge in [0, 0.05) is 5.75 Å². The summed E-state index contributed by atoms with van der Waals surface area (Å²) in [5.74, 6) is 0.596. The molecule has 0 spiro atoms. The van der Waals surface area contributed by atoms with E-state index < -0.39 is 0 Å². The topological polar surface area (TPSA) is 76.2 Å². The number of hydrogen-bond donors (Lipinski definition) is 2. The molecule has 4 nitrogen and oxygen atoms in total. The van der Waals surface area contributed by atoms with E-state index in [2.05, 4.69) is 4.74 Å². The smallest absolute Gasteiger partial charge is 0.306 e. The molecule has 74 valence electrons. The van der Waals surface area contributed by atoms with Crippen molar-refractivity contribution in [2.45, 2.75) is 19.3 Å². The normalized spacial score (nSPS) is 17.9. The Morgan fingerprint density at radius 2 is 2.31 bits per heavy atom. The van der Waals surface area contributed by atoms with Crippen molar-refractivity contribution in [1.29, 1.82) is 5.41 Å². The van der Waals surface area contributed by atoms with Gasteiger partial charge in [0.15, 0.2) is 5.17 Å². The standard InChI is InChI=1S/C8H14N2O2S/c1-12-6(11)4-8(2-3-8)5-13-7(9)10/h2-5H2,1H3,(H3,9,10). The molecular formula is C8H14N2O2S. The van der Waals surface area contributed by atoms with E-state index in [9.17, 15) is 4.79 Å². The summed E-state index contributed by atoms with van der Waals surface area (Å²) in [7, 11) is 1.40. The highest BCUT2D eigenvalue weighted by Crippen LogP contribution is 2.51. The van der Waals surface area contributed by atoms with Gasteiger partial charge in [-0.25, -0.2) is 0 Å². The number of hydrogen-bond acceptors (Lipinski definition) is 4. The van der Waals surface area contributed by atoms with Crippen LogP contribution in [0.25, 0.3) is 0 Å². The van der Waals surface area contributed by atoms with Crippen molar-refractivity contribution in [2.75, 3.05) is 12.9 Å². The second-order valence-corrected chi connectivity index (χ2v) is 4.42. The lowest BCUT2D eigenvalue weighted by Crippen LogP contribution is -2.15. The Hall–Kier alpha value is -0.710. The molecule has 0 unspecified atom stereocenters. The molecule has 5 heteroatoms. The lowest BCUT2D eigenvalue weighted by atomic mass is 10.1. The largest absolute Gasteiger partial charge is 0.469 e. The first-order valence-electron chi connectivity index (χ1n) is 4.12. The maximum Gasteiger partial charge on any atom is 0.306 e. The van der Waals surface area contributed by atoms with E-state index in [1.165, 1.54) is 18.9 Å². The number of ether oxygens (including phenoxy) is 1. The molecule has 3 N–H and O–H groups in total. The summed E-state index contributed by atoms with van der Waals surface area (Å²) in [5, 5.41) is 7.18. The summed E-state index contributed by atoms with van der Waals surface area (Å²) in [4.78, 5) is 11.0. The highest BCUT2D eigenvalue weighted by Gasteiger charge is 2.44. The van der Waals surface area contributed by atoms with Gasteiger partial charge >= 0.3 is 5.97 Å². The van der Waals surface area contributed by atoms with Crippen LogP contribution in [0.1, 0.15) is 19.3 Å². The molecule has 1 saturated carbocycles. The Balaban J connectivity index is 2.30. The van der Waals surface area contributed by atoms with E-state index in [0.717, 1.165) is 18.6 Å². The molecule has 0 saturated heterocycles. The Morgan fingerprint density at radius 1 is 1.69 bits per heavy atom. The Bertz CT molecular complexity index is 226. The van der Waals surface area contributed by atoms with Gasteiger partial charge in [-0.2, -0.15) is 0 Å². The third kappa shape index (κ3) is 3.26. The summed E-state index contributed by atoms with van der Waals surface area (Å²) in [5.41, 5.74) is 5.29. The van der Waals surface area contributed by atoms with Crippen LogP contribution in [0.15, 0.2) is 0 Å². The lowest BCUT2D eigenvalue weighted by molar-refractivity contribution is -0.141. The van der Waals surface area contributed by atoms with Gasteiger partial charge in [-0.05, 0) is 18.3 Å². The minimum atomic E-state index is -0.165. The van der Waals surface area contributed by atoms with Crippen LogP contribution in [0.3, 0.4) is 0 Å². The zero-order valence-corrected chi connectivity index (χ0v) is 8.45. The number of thioether (sulfide) groups is 1. The first kappa shape index (κ1) is 10.4. The molecule has 0 bridgehead atoms. The number of carbonyl (C=O) groups is 1. The van der Waals surface area contributed by atoms with Crippen LogP contribution in [0.5, 0.6) is 0 Å². The van der Waals surface area contributed by atoms with Gasteiger partial charge in [0.2, 0.25) is 0 Å². The first-order valence-corrected chi connectivity index (χ1v) is 5.10. The predicted octanol–water partition coefficient (Wildman–Crippen LogP) is 0.956. The lowest BCUT2D eigenvalue weighted by Gasteiger charge is -2.11. The van der Waals surface area contributed by atoms with Crippen LogP contribution in [0, 0.1) is 10.8 Å². The van der Waals surface area contributed by atoms with Gasteiger partial charge in [-0.3, -0.25) is 10.2 Å². The quantitative estimate of drug-likeness (QED) is 0.404. The van der Waals surface area contributed by atoms with Crippen LogP contribution >= 0.6 is 11.8 Å². The van der Waals surface area contributed by atoms with Crippen LogP contribution in [-0.2, 0) is 9.53 Å². The van der Waals surface area contributed by atoms with Crippen molar-refractivity contribution in [1.82, 2.24) is 0 Å². The molecule has 0 amide bonds. The molecule has 1 aliphatic rings. The van der Waals surface area contributed by atoms with Gasteiger partial charge in [0.1, 0.15) is 0 Å². The minimum Gasteiger partial charge on any atom is -0.469 e. The van der Waals surface area contributed by atoms with Crippen molar-refractivity contribution in [3.63, 3.8) is 0 Å². The zero-order valence-electron chi connectivity index (χ0n) is 7.63. The van der Waals surface area contributed by atoms with E-state index in [0.29, 0.717) is 6.42 Å². The Labute approximate surface area is 81.7 Å². The van der Waals surface area contributed by atoms with Crippen molar-refractivity contribution in [3.8, 4) is 0 Å². The second kappa shape index (κ2) is 4.00. The molecule has 0 aromatic heterocycles. The van der Waals surface area contributed by atoms with Crippen molar-refractivity contribution >= 4 is 22.9 Å². The van der Waals surface area contributed by atoms with Crippen LogP contribution in [-0.4, -0.2) is 24.0 Å². The summed E-state index contributed by atoms with van der Waals surface area (Å²) < 4.78 is 4.60. The average molecular weight is 202 g/mol. The third-order valence-electron chi connectivity index (χ3n) is 2.24. The van der Waals surface area contributed by atoms with E-state index in [-0.39, 0.29) is 16.6 Å². The van der Waals surface area contributed by atoms with E-state index in [4.69, 9.17) is 11.1 Å². The minimum absolute atomic E-state index is 0.0728. The molecule has 0 radical (unpaired) electrons. The van der Waals surface area contributed by atoms with Gasteiger partial charge < -0.3 is 10.5 Å². The molecule has 0 aliphatic heterocycles. The van der Waals surface area contributed by atoms with Gasteiger partial charge in [0.25, 0.3) is 0 Å². The number of amidine groups is 1. The monoisotopic (exact) mass is 202 g/mol. The Morgan fingerprint density at radius 3 is 2.69 bits per heavy atom. The van der Waals surface area contributed by atoms with E-state index >= 15 is 0 Å². The highest BCUT2D eigenvalue weighted by molar-refractivity contribution is 8.13. The fourth-order valence-electron chi connectivity index (χ4n) is 1.16. The molecule has 13 heavy (non-hydrogen) atoms. The predicted molar refractivity (Wildman–Crippen MR) is 52.7 cm³/mol. The maximum atomic E-state index is 11.0. The van der Waals surface area contributed by atoms with Crippen molar-refractivity contribution in [2.24, 2.45) is 11.1 Å². The second-order valence-electron chi connectivity index (χ2n) is 3.41. The fraction of sp³-hybridized carbons (Fsp3) is 0.750. The number of rotatable bonds is 4. The zero-order chi connectivity index (χ0) is 9.90. The number of nitrogens with two attached hydrogens (primary N) is 1. The van der Waals surface area contributed by atoms with Crippen LogP contribution in [0.4, 0.5) is 0 Å². The molecule has 0 aromatic carbocycles. The van der Waals surface area contributed by atoms with E-state index in [1.54, 1.807) is 0 Å². The van der Waals surface area contributed by atoms with Crippen LogP contribution in [0.2, 0.25) is 0 Å². The van der Waals surface area contributed by atoms with Crippen molar-refractivity contribution < 1.29 is 9.53 Å².